The Hall–Kier alpha value is -1.50. The Kier molecular flexibility index (Phi) is 3.02. The van der Waals surface area contributed by atoms with Crippen LogP contribution in [0.1, 0.15) is 19.3 Å². The van der Waals surface area contributed by atoms with Gasteiger partial charge in [-0.05, 0) is 31.4 Å². The van der Waals surface area contributed by atoms with E-state index in [-0.39, 0.29) is 0 Å². The molecule has 0 amide bonds. The number of hydrogen-bond acceptors (Lipinski definition) is 1. The quantitative estimate of drug-likeness (QED) is 0.696. The van der Waals surface area contributed by atoms with E-state index < -0.39 is 0 Å². The molecule has 1 heteroatoms. The van der Waals surface area contributed by atoms with Crippen molar-refractivity contribution in [2.45, 2.75) is 19.3 Å². The van der Waals surface area contributed by atoms with Gasteiger partial charge in [0, 0.05) is 11.4 Å². The maximum atomic E-state index is 3.41. The summed E-state index contributed by atoms with van der Waals surface area (Å²) in [5.41, 5.74) is 2.40. The molecule has 0 saturated carbocycles. The average molecular weight is 185 g/mol. The van der Waals surface area contributed by atoms with Crippen molar-refractivity contribution in [2.75, 3.05) is 0 Å². The molecule has 0 aromatic carbocycles. The highest BCUT2D eigenvalue weighted by molar-refractivity contribution is 5.32. The van der Waals surface area contributed by atoms with Crippen LogP contribution in [-0.2, 0) is 0 Å². The van der Waals surface area contributed by atoms with Crippen LogP contribution in [0, 0.1) is 0 Å². The van der Waals surface area contributed by atoms with Gasteiger partial charge in [0.05, 0.1) is 0 Å². The summed E-state index contributed by atoms with van der Waals surface area (Å²) in [5, 5.41) is 3.41. The maximum absolute atomic E-state index is 3.41. The predicted molar refractivity (Wildman–Crippen MR) is 60.6 cm³/mol. The van der Waals surface area contributed by atoms with E-state index in [9.17, 15) is 0 Å². The smallest absolute Gasteiger partial charge is 0.0346 e. The van der Waals surface area contributed by atoms with Gasteiger partial charge in [-0.1, -0.05) is 36.5 Å². The van der Waals surface area contributed by atoms with E-state index in [0.717, 1.165) is 12.8 Å². The zero-order valence-electron chi connectivity index (χ0n) is 8.24. The molecule has 0 bridgehead atoms. The molecule has 2 aliphatic rings. The molecular formula is C13H15N. The Morgan fingerprint density at radius 3 is 2.64 bits per heavy atom. The van der Waals surface area contributed by atoms with Crippen LogP contribution in [0.25, 0.3) is 0 Å². The van der Waals surface area contributed by atoms with Gasteiger partial charge in [0.15, 0.2) is 0 Å². The summed E-state index contributed by atoms with van der Waals surface area (Å²) in [4.78, 5) is 0. The number of allylic oxidation sites excluding steroid dienone is 8. The van der Waals surface area contributed by atoms with Crippen molar-refractivity contribution in [1.29, 1.82) is 0 Å². The van der Waals surface area contributed by atoms with Crippen molar-refractivity contribution in [2.24, 2.45) is 0 Å². The molecule has 0 aromatic rings. The lowest BCUT2D eigenvalue weighted by Gasteiger charge is -2.10. The van der Waals surface area contributed by atoms with E-state index >= 15 is 0 Å². The van der Waals surface area contributed by atoms with E-state index in [1.165, 1.54) is 17.8 Å². The second-order valence-corrected chi connectivity index (χ2v) is 3.45. The normalized spacial score (nSPS) is 20.0. The van der Waals surface area contributed by atoms with Crippen LogP contribution < -0.4 is 5.32 Å². The molecule has 72 valence electrons. The minimum absolute atomic E-state index is 1.01. The van der Waals surface area contributed by atoms with E-state index in [2.05, 4.69) is 53.9 Å². The lowest BCUT2D eigenvalue weighted by molar-refractivity contribution is 0.945. The topological polar surface area (TPSA) is 12.0 Å². The molecule has 0 radical (unpaired) electrons. The van der Waals surface area contributed by atoms with Crippen molar-refractivity contribution >= 4 is 0 Å². The number of hydrogen-bond donors (Lipinski definition) is 1. The van der Waals surface area contributed by atoms with Crippen LogP contribution in [0.3, 0.4) is 0 Å². The third kappa shape index (κ3) is 2.49. The zero-order chi connectivity index (χ0) is 9.64. The number of rotatable bonds is 2. The van der Waals surface area contributed by atoms with Gasteiger partial charge >= 0.3 is 0 Å². The molecular weight excluding hydrogens is 170 g/mol. The Bertz CT molecular complexity index is 340. The molecule has 14 heavy (non-hydrogen) atoms. The lowest BCUT2D eigenvalue weighted by Crippen LogP contribution is -2.10. The van der Waals surface area contributed by atoms with Gasteiger partial charge < -0.3 is 5.32 Å². The van der Waals surface area contributed by atoms with Crippen LogP contribution in [0.2, 0.25) is 0 Å². The molecule has 1 N–H and O–H groups in total. The summed E-state index contributed by atoms with van der Waals surface area (Å²) in [5.74, 6) is 0. The average Bonchev–Trinajstić information content (AvgIpc) is 2.48. The van der Waals surface area contributed by atoms with Gasteiger partial charge in [0.2, 0.25) is 0 Å². The third-order valence-electron chi connectivity index (χ3n) is 2.28. The molecule has 0 heterocycles. The molecule has 1 nitrogen and oxygen atoms in total. The Morgan fingerprint density at radius 1 is 0.857 bits per heavy atom. The van der Waals surface area contributed by atoms with Crippen LogP contribution in [0.4, 0.5) is 0 Å². The van der Waals surface area contributed by atoms with Gasteiger partial charge in [-0.25, -0.2) is 0 Å². The second-order valence-electron chi connectivity index (χ2n) is 3.45. The predicted octanol–water partition coefficient (Wildman–Crippen LogP) is 3.21. The van der Waals surface area contributed by atoms with Gasteiger partial charge in [0.25, 0.3) is 0 Å². The first-order chi connectivity index (χ1) is 6.95. The number of nitrogens with one attached hydrogen (secondary N) is 1. The first kappa shape index (κ1) is 9.07. The van der Waals surface area contributed by atoms with E-state index in [1.807, 2.05) is 0 Å². The summed E-state index contributed by atoms with van der Waals surface area (Å²) in [6.07, 6.45) is 20.5. The minimum atomic E-state index is 1.01. The zero-order valence-corrected chi connectivity index (χ0v) is 8.24. The fourth-order valence-electron chi connectivity index (χ4n) is 1.54. The molecule has 0 fully saturated rings. The second kappa shape index (κ2) is 4.66. The van der Waals surface area contributed by atoms with Gasteiger partial charge in [-0.2, -0.15) is 0 Å². The van der Waals surface area contributed by atoms with Crippen LogP contribution in [0.5, 0.6) is 0 Å². The van der Waals surface area contributed by atoms with Crippen LogP contribution in [-0.4, -0.2) is 0 Å². The summed E-state index contributed by atoms with van der Waals surface area (Å²) < 4.78 is 0. The Morgan fingerprint density at radius 2 is 1.79 bits per heavy atom. The highest BCUT2D eigenvalue weighted by Crippen LogP contribution is 2.10. The minimum Gasteiger partial charge on any atom is -0.356 e. The maximum Gasteiger partial charge on any atom is 0.0346 e. The highest BCUT2D eigenvalue weighted by Gasteiger charge is 1.98. The van der Waals surface area contributed by atoms with Gasteiger partial charge in [-0.15, -0.1) is 0 Å². The molecule has 0 aliphatic heterocycles. The molecule has 0 saturated heterocycles. The van der Waals surface area contributed by atoms with E-state index in [0.29, 0.717) is 0 Å². The summed E-state index contributed by atoms with van der Waals surface area (Å²) in [7, 11) is 0. The van der Waals surface area contributed by atoms with Crippen molar-refractivity contribution in [3.8, 4) is 0 Å². The lowest BCUT2D eigenvalue weighted by atomic mass is 10.1. The molecule has 2 aliphatic carbocycles. The first-order valence-electron chi connectivity index (χ1n) is 5.12. The monoisotopic (exact) mass is 185 g/mol. The summed E-state index contributed by atoms with van der Waals surface area (Å²) in [6, 6.07) is 0. The van der Waals surface area contributed by atoms with Crippen molar-refractivity contribution in [1.82, 2.24) is 5.32 Å². The third-order valence-corrected chi connectivity index (χ3v) is 2.28. The van der Waals surface area contributed by atoms with Crippen molar-refractivity contribution in [3.05, 3.63) is 60.0 Å². The fourth-order valence-corrected chi connectivity index (χ4v) is 1.54. The molecule has 0 aromatic heterocycles. The molecule has 0 unspecified atom stereocenters. The summed E-state index contributed by atoms with van der Waals surface area (Å²) >= 11 is 0. The Labute approximate surface area is 85.2 Å². The van der Waals surface area contributed by atoms with Gasteiger partial charge in [0.1, 0.15) is 0 Å². The molecule has 0 spiro atoms. The SMILES string of the molecule is C1=CCC=C(NC2=CCCC=C2)C=C1. The van der Waals surface area contributed by atoms with Crippen LogP contribution >= 0.6 is 0 Å². The van der Waals surface area contributed by atoms with Crippen LogP contribution in [0.15, 0.2) is 60.0 Å². The van der Waals surface area contributed by atoms with Crippen molar-refractivity contribution in [3.63, 3.8) is 0 Å². The first-order valence-corrected chi connectivity index (χ1v) is 5.12. The largest absolute Gasteiger partial charge is 0.356 e. The van der Waals surface area contributed by atoms with Crippen molar-refractivity contribution < 1.29 is 0 Å². The molecule has 2 rings (SSSR count). The standard InChI is InChI=1S/C13H15N/c1-2-5-9-12(8-4-1)14-13-10-6-3-7-11-13/h1-2,4,6,8-11,14H,3,5,7H2. The highest BCUT2D eigenvalue weighted by atomic mass is 14.9. The van der Waals surface area contributed by atoms with E-state index in [4.69, 9.17) is 0 Å². The van der Waals surface area contributed by atoms with E-state index in [1.54, 1.807) is 0 Å². The Balaban J connectivity index is 2.00. The fraction of sp³-hybridized carbons (Fsp3) is 0.231. The van der Waals surface area contributed by atoms with Gasteiger partial charge in [-0.3, -0.25) is 0 Å². The summed E-state index contributed by atoms with van der Waals surface area (Å²) in [6.45, 7) is 0. The molecule has 0 atom stereocenters.